The molecular formula is C20H20FNO5. The summed E-state index contributed by atoms with van der Waals surface area (Å²) in [5.74, 6) is -1.09. The molecule has 0 radical (unpaired) electrons. The molecule has 0 saturated carbocycles. The van der Waals surface area contributed by atoms with Crippen molar-refractivity contribution >= 4 is 11.9 Å². The first kappa shape index (κ1) is 18.8. The molecule has 142 valence electrons. The van der Waals surface area contributed by atoms with Crippen LogP contribution in [0.2, 0.25) is 0 Å². The number of hydrogen-bond donors (Lipinski definition) is 1. The number of halogens is 1. The summed E-state index contributed by atoms with van der Waals surface area (Å²) in [6.07, 6.45) is -0.634. The second-order valence-corrected chi connectivity index (χ2v) is 6.29. The topological polar surface area (TPSA) is 76.1 Å². The molecule has 27 heavy (non-hydrogen) atoms. The Morgan fingerprint density at radius 3 is 2.81 bits per heavy atom. The number of nitrogens with zero attached hydrogens (tertiary/aromatic N) is 1. The third-order valence-corrected chi connectivity index (χ3v) is 4.20. The smallest absolute Gasteiger partial charge is 0.306 e. The highest BCUT2D eigenvalue weighted by atomic mass is 19.1. The molecule has 3 rings (SSSR count). The molecule has 1 aliphatic rings. The van der Waals surface area contributed by atoms with E-state index in [1.165, 1.54) is 12.1 Å². The van der Waals surface area contributed by atoms with Crippen LogP contribution in [0.1, 0.15) is 22.3 Å². The maximum absolute atomic E-state index is 13.2. The third-order valence-electron chi connectivity index (χ3n) is 4.20. The Kier molecular flexibility index (Phi) is 6.03. The lowest BCUT2D eigenvalue weighted by Gasteiger charge is -2.32. The summed E-state index contributed by atoms with van der Waals surface area (Å²) in [6.45, 7) is 1.18. The van der Waals surface area contributed by atoms with E-state index in [2.05, 4.69) is 0 Å². The number of carbonyl (C=O) groups is 2. The number of benzene rings is 2. The van der Waals surface area contributed by atoms with Crippen LogP contribution in [0.4, 0.5) is 4.39 Å². The van der Waals surface area contributed by atoms with Gasteiger partial charge in [0.2, 0.25) is 0 Å². The zero-order valence-corrected chi connectivity index (χ0v) is 14.6. The van der Waals surface area contributed by atoms with Crippen molar-refractivity contribution < 1.29 is 28.6 Å². The summed E-state index contributed by atoms with van der Waals surface area (Å²) in [6, 6.07) is 12.9. The number of carboxylic acids is 1. The Balaban J connectivity index is 1.63. The normalized spacial score (nSPS) is 16.8. The Morgan fingerprint density at radius 1 is 1.22 bits per heavy atom. The minimum Gasteiger partial charge on any atom is -0.489 e. The highest BCUT2D eigenvalue weighted by Gasteiger charge is 2.26. The van der Waals surface area contributed by atoms with Crippen LogP contribution in [0.25, 0.3) is 0 Å². The van der Waals surface area contributed by atoms with Gasteiger partial charge >= 0.3 is 5.97 Å². The third kappa shape index (κ3) is 5.27. The van der Waals surface area contributed by atoms with Crippen LogP contribution < -0.4 is 4.74 Å². The van der Waals surface area contributed by atoms with E-state index in [0.717, 1.165) is 5.56 Å². The first-order valence-corrected chi connectivity index (χ1v) is 8.61. The molecule has 2 aromatic carbocycles. The van der Waals surface area contributed by atoms with Crippen molar-refractivity contribution in [2.45, 2.75) is 19.1 Å². The molecule has 1 amide bonds. The predicted octanol–water partition coefficient (Wildman–Crippen LogP) is 2.72. The quantitative estimate of drug-likeness (QED) is 0.843. The molecule has 1 saturated heterocycles. The van der Waals surface area contributed by atoms with Crippen molar-refractivity contribution in [1.29, 1.82) is 0 Å². The van der Waals surface area contributed by atoms with E-state index in [9.17, 15) is 14.0 Å². The van der Waals surface area contributed by atoms with Crippen LogP contribution in [0.5, 0.6) is 5.75 Å². The molecule has 6 nitrogen and oxygen atoms in total. The molecule has 0 spiro atoms. The fourth-order valence-electron chi connectivity index (χ4n) is 2.92. The van der Waals surface area contributed by atoms with Gasteiger partial charge in [-0.2, -0.15) is 0 Å². The Bertz CT molecular complexity index is 826. The lowest BCUT2D eigenvalue weighted by molar-refractivity contribution is -0.141. The van der Waals surface area contributed by atoms with Crippen molar-refractivity contribution in [3.05, 3.63) is 65.5 Å². The second-order valence-electron chi connectivity index (χ2n) is 6.29. The van der Waals surface area contributed by atoms with Crippen LogP contribution in [0, 0.1) is 5.82 Å². The van der Waals surface area contributed by atoms with Gasteiger partial charge in [0.25, 0.3) is 5.91 Å². The molecule has 1 N–H and O–H groups in total. The van der Waals surface area contributed by atoms with Gasteiger partial charge in [0.05, 0.1) is 19.1 Å². The van der Waals surface area contributed by atoms with Gasteiger partial charge in [-0.15, -0.1) is 0 Å². The van der Waals surface area contributed by atoms with Crippen molar-refractivity contribution in [3.8, 4) is 5.75 Å². The van der Waals surface area contributed by atoms with Gasteiger partial charge in [0.15, 0.2) is 0 Å². The molecule has 0 aliphatic carbocycles. The molecule has 2 aromatic rings. The number of amides is 1. The largest absolute Gasteiger partial charge is 0.489 e. The zero-order chi connectivity index (χ0) is 19.2. The number of hydrogen-bond acceptors (Lipinski definition) is 4. The predicted molar refractivity (Wildman–Crippen MR) is 95.1 cm³/mol. The van der Waals surface area contributed by atoms with Crippen molar-refractivity contribution in [3.63, 3.8) is 0 Å². The Morgan fingerprint density at radius 2 is 2.04 bits per heavy atom. The minimum atomic E-state index is -0.953. The van der Waals surface area contributed by atoms with Gasteiger partial charge in [-0.05, 0) is 29.8 Å². The fourth-order valence-corrected chi connectivity index (χ4v) is 2.92. The Labute approximate surface area is 156 Å². The summed E-state index contributed by atoms with van der Waals surface area (Å²) in [5, 5.41) is 8.89. The molecule has 1 unspecified atom stereocenters. The van der Waals surface area contributed by atoms with E-state index >= 15 is 0 Å². The molecule has 1 fully saturated rings. The van der Waals surface area contributed by atoms with Crippen LogP contribution >= 0.6 is 0 Å². The van der Waals surface area contributed by atoms with Crippen molar-refractivity contribution in [2.24, 2.45) is 0 Å². The number of carbonyl (C=O) groups excluding carboxylic acids is 1. The van der Waals surface area contributed by atoms with Crippen LogP contribution in [-0.4, -0.2) is 47.7 Å². The van der Waals surface area contributed by atoms with Gasteiger partial charge in [0.1, 0.15) is 18.2 Å². The molecule has 0 bridgehead atoms. The maximum Gasteiger partial charge on any atom is 0.306 e. The van der Waals surface area contributed by atoms with E-state index in [-0.39, 0.29) is 31.3 Å². The first-order valence-electron chi connectivity index (χ1n) is 8.61. The standard InChI is InChI=1S/C20H20FNO5/c21-16-5-2-6-17(10-16)27-13-14-3-1-4-15(9-14)20(25)22-7-8-26-18(12-22)11-19(23)24/h1-6,9-10,18H,7-8,11-13H2,(H,23,24). The van der Waals surface area contributed by atoms with E-state index in [0.29, 0.717) is 24.5 Å². The molecule has 0 aromatic heterocycles. The summed E-state index contributed by atoms with van der Waals surface area (Å²) in [5.41, 5.74) is 1.27. The number of rotatable bonds is 6. The summed E-state index contributed by atoms with van der Waals surface area (Å²) >= 11 is 0. The summed E-state index contributed by atoms with van der Waals surface area (Å²) < 4.78 is 24.2. The van der Waals surface area contributed by atoms with Gasteiger partial charge < -0.3 is 19.5 Å². The van der Waals surface area contributed by atoms with E-state index in [1.807, 2.05) is 6.07 Å². The average molecular weight is 373 g/mol. The zero-order valence-electron chi connectivity index (χ0n) is 14.6. The fraction of sp³-hybridized carbons (Fsp3) is 0.300. The van der Waals surface area contributed by atoms with Crippen LogP contribution in [0.3, 0.4) is 0 Å². The number of morpholine rings is 1. The highest BCUT2D eigenvalue weighted by molar-refractivity contribution is 5.94. The number of ether oxygens (including phenoxy) is 2. The van der Waals surface area contributed by atoms with Gasteiger partial charge in [-0.3, -0.25) is 9.59 Å². The van der Waals surface area contributed by atoms with Crippen molar-refractivity contribution in [1.82, 2.24) is 4.90 Å². The van der Waals surface area contributed by atoms with Crippen LogP contribution in [0.15, 0.2) is 48.5 Å². The van der Waals surface area contributed by atoms with Gasteiger partial charge in [0, 0.05) is 24.7 Å². The van der Waals surface area contributed by atoms with Crippen LogP contribution in [-0.2, 0) is 16.1 Å². The summed E-state index contributed by atoms with van der Waals surface area (Å²) in [4.78, 5) is 25.2. The number of aliphatic carboxylic acids is 1. The maximum atomic E-state index is 13.2. The molecule has 1 atom stereocenters. The minimum absolute atomic E-state index is 0.134. The first-order chi connectivity index (χ1) is 13.0. The van der Waals surface area contributed by atoms with Crippen molar-refractivity contribution in [2.75, 3.05) is 19.7 Å². The lowest BCUT2D eigenvalue weighted by atomic mass is 10.1. The van der Waals surface area contributed by atoms with E-state index in [4.69, 9.17) is 14.6 Å². The highest BCUT2D eigenvalue weighted by Crippen LogP contribution is 2.17. The molecule has 1 heterocycles. The SMILES string of the molecule is O=C(O)CC1CN(C(=O)c2cccc(COc3cccc(F)c3)c2)CCO1. The second kappa shape index (κ2) is 8.64. The molecule has 1 aliphatic heterocycles. The lowest BCUT2D eigenvalue weighted by Crippen LogP contribution is -2.46. The average Bonchev–Trinajstić information content (AvgIpc) is 2.66. The number of carboxylic acid groups (broad SMARTS) is 1. The molecular weight excluding hydrogens is 353 g/mol. The Hall–Kier alpha value is -2.93. The molecule has 7 heteroatoms. The van der Waals surface area contributed by atoms with Gasteiger partial charge in [-0.1, -0.05) is 18.2 Å². The van der Waals surface area contributed by atoms with E-state index < -0.39 is 12.1 Å². The monoisotopic (exact) mass is 373 g/mol. The van der Waals surface area contributed by atoms with Gasteiger partial charge in [-0.25, -0.2) is 4.39 Å². The summed E-state index contributed by atoms with van der Waals surface area (Å²) in [7, 11) is 0. The van der Waals surface area contributed by atoms with E-state index in [1.54, 1.807) is 35.2 Å².